The first kappa shape index (κ1) is 21.0. The SMILES string of the molecule is COc1cccc(CN(C)CC(=O)Nc2ccc(N3CCCC3)cc2C)c1OC. The van der Waals surface area contributed by atoms with Crippen molar-refractivity contribution in [2.45, 2.75) is 26.3 Å². The molecule has 3 rings (SSSR count). The Kier molecular flexibility index (Phi) is 6.99. The number of rotatable bonds is 8. The highest BCUT2D eigenvalue weighted by atomic mass is 16.5. The molecule has 29 heavy (non-hydrogen) atoms. The number of carbonyl (C=O) groups excluding carboxylic acids is 1. The average Bonchev–Trinajstić information content (AvgIpc) is 3.24. The maximum absolute atomic E-state index is 12.6. The molecule has 0 bridgehead atoms. The number of ether oxygens (including phenoxy) is 2. The van der Waals surface area contributed by atoms with E-state index in [1.165, 1.54) is 18.5 Å². The maximum atomic E-state index is 12.6. The molecule has 0 aliphatic carbocycles. The van der Waals surface area contributed by atoms with Crippen LogP contribution in [0.1, 0.15) is 24.0 Å². The van der Waals surface area contributed by atoms with E-state index in [1.807, 2.05) is 43.1 Å². The van der Waals surface area contributed by atoms with Crippen LogP contribution in [0.25, 0.3) is 0 Å². The Bertz CT molecular complexity index is 847. The Morgan fingerprint density at radius 3 is 2.55 bits per heavy atom. The number of hydrogen-bond acceptors (Lipinski definition) is 5. The third-order valence-corrected chi connectivity index (χ3v) is 5.29. The molecule has 1 fully saturated rings. The molecule has 156 valence electrons. The largest absolute Gasteiger partial charge is 0.493 e. The summed E-state index contributed by atoms with van der Waals surface area (Å²) in [4.78, 5) is 16.9. The number of anilines is 2. The molecule has 6 heteroatoms. The Hall–Kier alpha value is -2.73. The number of benzene rings is 2. The lowest BCUT2D eigenvalue weighted by Crippen LogP contribution is -2.30. The number of hydrogen-bond donors (Lipinski definition) is 1. The third-order valence-electron chi connectivity index (χ3n) is 5.29. The van der Waals surface area contributed by atoms with Gasteiger partial charge in [0.05, 0.1) is 20.8 Å². The summed E-state index contributed by atoms with van der Waals surface area (Å²) in [6.07, 6.45) is 2.50. The van der Waals surface area contributed by atoms with Gasteiger partial charge in [0.1, 0.15) is 0 Å². The van der Waals surface area contributed by atoms with Crippen LogP contribution in [0.3, 0.4) is 0 Å². The summed E-state index contributed by atoms with van der Waals surface area (Å²) in [6.45, 7) is 5.14. The highest BCUT2D eigenvalue weighted by Gasteiger charge is 2.16. The molecule has 0 atom stereocenters. The lowest BCUT2D eigenvalue weighted by Gasteiger charge is -2.21. The van der Waals surface area contributed by atoms with Crippen molar-refractivity contribution in [2.24, 2.45) is 0 Å². The molecule has 2 aromatic carbocycles. The first-order chi connectivity index (χ1) is 14.0. The van der Waals surface area contributed by atoms with Crippen molar-refractivity contribution in [3.8, 4) is 11.5 Å². The minimum absolute atomic E-state index is 0.0358. The first-order valence-corrected chi connectivity index (χ1v) is 10.1. The standard InChI is InChI=1S/C23H31N3O3/c1-17-14-19(26-12-5-6-13-26)10-11-20(17)24-22(27)16-25(2)15-18-8-7-9-21(28-3)23(18)29-4/h7-11,14H,5-6,12-13,15-16H2,1-4H3,(H,24,27). The van der Waals surface area contributed by atoms with Gasteiger partial charge in [0, 0.05) is 36.6 Å². The lowest BCUT2D eigenvalue weighted by atomic mass is 10.1. The fraction of sp³-hybridized carbons (Fsp3) is 0.435. The predicted octanol–water partition coefficient (Wildman–Crippen LogP) is 3.68. The summed E-state index contributed by atoms with van der Waals surface area (Å²) in [5, 5.41) is 3.04. The van der Waals surface area contributed by atoms with Crippen LogP contribution in [0.15, 0.2) is 36.4 Å². The summed E-state index contributed by atoms with van der Waals surface area (Å²) in [5.74, 6) is 1.36. The number of methoxy groups -OCH3 is 2. The molecule has 1 aliphatic heterocycles. The zero-order valence-corrected chi connectivity index (χ0v) is 17.8. The second kappa shape index (κ2) is 9.65. The van der Waals surface area contributed by atoms with Crippen molar-refractivity contribution in [1.82, 2.24) is 4.90 Å². The summed E-state index contributed by atoms with van der Waals surface area (Å²) >= 11 is 0. The number of nitrogens with zero attached hydrogens (tertiary/aromatic N) is 2. The molecule has 1 aliphatic rings. The van der Waals surface area contributed by atoms with Gasteiger partial charge >= 0.3 is 0 Å². The van der Waals surface area contributed by atoms with Crippen LogP contribution >= 0.6 is 0 Å². The van der Waals surface area contributed by atoms with Gasteiger partial charge in [-0.05, 0) is 56.6 Å². The molecule has 1 N–H and O–H groups in total. The summed E-state index contributed by atoms with van der Waals surface area (Å²) in [7, 11) is 5.17. The van der Waals surface area contributed by atoms with Crippen LogP contribution in [-0.4, -0.2) is 51.7 Å². The van der Waals surface area contributed by atoms with Gasteiger partial charge in [-0.2, -0.15) is 0 Å². The van der Waals surface area contributed by atoms with Gasteiger partial charge in [-0.25, -0.2) is 0 Å². The molecule has 0 radical (unpaired) electrons. The fourth-order valence-corrected chi connectivity index (χ4v) is 3.82. The monoisotopic (exact) mass is 397 g/mol. The number of aryl methyl sites for hydroxylation is 1. The molecule has 0 spiro atoms. The van der Waals surface area contributed by atoms with E-state index < -0.39 is 0 Å². The average molecular weight is 398 g/mol. The molecule has 0 saturated carbocycles. The number of likely N-dealkylation sites (N-methyl/N-ethyl adjacent to an activating group) is 1. The van der Waals surface area contributed by atoms with Crippen molar-refractivity contribution in [1.29, 1.82) is 0 Å². The molecule has 0 aromatic heterocycles. The minimum Gasteiger partial charge on any atom is -0.493 e. The van der Waals surface area contributed by atoms with Crippen LogP contribution in [0.4, 0.5) is 11.4 Å². The number of nitrogens with one attached hydrogen (secondary N) is 1. The van der Waals surface area contributed by atoms with Crippen molar-refractivity contribution in [3.63, 3.8) is 0 Å². The topological polar surface area (TPSA) is 54.0 Å². The number of para-hydroxylation sites is 1. The highest BCUT2D eigenvalue weighted by Crippen LogP contribution is 2.31. The van der Waals surface area contributed by atoms with E-state index >= 15 is 0 Å². The summed E-state index contributed by atoms with van der Waals surface area (Å²) < 4.78 is 10.8. The van der Waals surface area contributed by atoms with Crippen LogP contribution < -0.4 is 19.7 Å². The second-order valence-electron chi connectivity index (χ2n) is 7.57. The van der Waals surface area contributed by atoms with Crippen LogP contribution in [0, 0.1) is 6.92 Å². The van der Waals surface area contributed by atoms with E-state index in [2.05, 4.69) is 22.3 Å². The van der Waals surface area contributed by atoms with Crippen LogP contribution in [-0.2, 0) is 11.3 Å². The van der Waals surface area contributed by atoms with Gasteiger partial charge in [0.25, 0.3) is 0 Å². The minimum atomic E-state index is -0.0358. The van der Waals surface area contributed by atoms with E-state index in [-0.39, 0.29) is 12.5 Å². The molecular weight excluding hydrogens is 366 g/mol. The van der Waals surface area contributed by atoms with Gasteiger partial charge in [0.15, 0.2) is 11.5 Å². The first-order valence-electron chi connectivity index (χ1n) is 10.1. The van der Waals surface area contributed by atoms with Gasteiger partial charge in [0.2, 0.25) is 5.91 Å². The molecule has 1 amide bonds. The van der Waals surface area contributed by atoms with E-state index in [9.17, 15) is 4.79 Å². The molecule has 0 unspecified atom stereocenters. The Labute approximate surface area is 173 Å². The van der Waals surface area contributed by atoms with Gasteiger partial charge in [-0.1, -0.05) is 12.1 Å². The van der Waals surface area contributed by atoms with Crippen LogP contribution in [0.5, 0.6) is 11.5 Å². The lowest BCUT2D eigenvalue weighted by molar-refractivity contribution is -0.117. The summed E-state index contributed by atoms with van der Waals surface area (Å²) in [5.41, 5.74) is 4.17. The van der Waals surface area contributed by atoms with Crippen molar-refractivity contribution in [2.75, 3.05) is 51.1 Å². The van der Waals surface area contributed by atoms with Crippen LogP contribution in [0.2, 0.25) is 0 Å². The maximum Gasteiger partial charge on any atom is 0.238 e. The molecular formula is C23H31N3O3. The quantitative estimate of drug-likeness (QED) is 0.736. The molecule has 1 saturated heterocycles. The third kappa shape index (κ3) is 5.21. The Morgan fingerprint density at radius 1 is 1.14 bits per heavy atom. The summed E-state index contributed by atoms with van der Waals surface area (Å²) in [6, 6.07) is 12.0. The zero-order chi connectivity index (χ0) is 20.8. The molecule has 1 heterocycles. The second-order valence-corrected chi connectivity index (χ2v) is 7.57. The molecule has 6 nitrogen and oxygen atoms in total. The smallest absolute Gasteiger partial charge is 0.238 e. The predicted molar refractivity (Wildman–Crippen MR) is 117 cm³/mol. The van der Waals surface area contributed by atoms with Gasteiger partial charge in [-0.3, -0.25) is 9.69 Å². The van der Waals surface area contributed by atoms with E-state index in [0.29, 0.717) is 18.0 Å². The van der Waals surface area contributed by atoms with Crippen molar-refractivity contribution in [3.05, 3.63) is 47.5 Å². The highest BCUT2D eigenvalue weighted by molar-refractivity contribution is 5.93. The van der Waals surface area contributed by atoms with Crippen molar-refractivity contribution >= 4 is 17.3 Å². The normalized spacial score (nSPS) is 13.6. The van der Waals surface area contributed by atoms with E-state index in [0.717, 1.165) is 29.9 Å². The van der Waals surface area contributed by atoms with E-state index in [4.69, 9.17) is 9.47 Å². The zero-order valence-electron chi connectivity index (χ0n) is 17.8. The number of carbonyl (C=O) groups is 1. The van der Waals surface area contributed by atoms with Crippen molar-refractivity contribution < 1.29 is 14.3 Å². The van der Waals surface area contributed by atoms with Gasteiger partial charge in [-0.15, -0.1) is 0 Å². The number of amides is 1. The van der Waals surface area contributed by atoms with E-state index in [1.54, 1.807) is 14.2 Å². The Morgan fingerprint density at radius 2 is 1.90 bits per heavy atom. The molecule has 2 aromatic rings. The fourth-order valence-electron chi connectivity index (χ4n) is 3.82. The Balaban J connectivity index is 1.59. The van der Waals surface area contributed by atoms with Gasteiger partial charge < -0.3 is 19.7 Å².